The second-order valence-electron chi connectivity index (χ2n) is 7.27. The molecular formula is C19H28N2O3. The number of aryl methyl sites for hydroxylation is 1. The van der Waals surface area contributed by atoms with E-state index in [0.717, 1.165) is 24.0 Å². The van der Waals surface area contributed by atoms with E-state index in [-0.39, 0.29) is 30.3 Å². The number of amides is 2. The summed E-state index contributed by atoms with van der Waals surface area (Å²) in [6.07, 6.45) is 1.91. The maximum atomic E-state index is 12.8. The van der Waals surface area contributed by atoms with Crippen LogP contribution in [0, 0.1) is 6.92 Å². The first-order valence-corrected chi connectivity index (χ1v) is 8.54. The van der Waals surface area contributed by atoms with Crippen LogP contribution in [0.5, 0.6) is 0 Å². The lowest BCUT2D eigenvalue weighted by atomic mass is 9.95. The number of nitrogens with one attached hydrogen (secondary N) is 1. The van der Waals surface area contributed by atoms with Gasteiger partial charge in [-0.1, -0.05) is 29.8 Å². The molecule has 5 nitrogen and oxygen atoms in total. The molecule has 2 amide bonds. The third-order valence-electron chi connectivity index (χ3n) is 4.62. The van der Waals surface area contributed by atoms with Crippen LogP contribution >= 0.6 is 0 Å². The van der Waals surface area contributed by atoms with Gasteiger partial charge in [0, 0.05) is 13.5 Å². The van der Waals surface area contributed by atoms with E-state index < -0.39 is 5.60 Å². The van der Waals surface area contributed by atoms with Crippen molar-refractivity contribution in [1.82, 2.24) is 10.2 Å². The van der Waals surface area contributed by atoms with Crippen molar-refractivity contribution in [2.75, 3.05) is 6.54 Å². The molecule has 1 fully saturated rings. The molecule has 5 heteroatoms. The van der Waals surface area contributed by atoms with Crippen molar-refractivity contribution in [1.29, 1.82) is 0 Å². The van der Waals surface area contributed by atoms with Gasteiger partial charge in [0.05, 0.1) is 24.1 Å². The van der Waals surface area contributed by atoms with Crippen molar-refractivity contribution in [2.45, 2.75) is 64.6 Å². The summed E-state index contributed by atoms with van der Waals surface area (Å²) in [5.41, 5.74) is 1.14. The number of carbonyl (C=O) groups is 2. The Hall–Kier alpha value is -1.88. The largest absolute Gasteiger partial charge is 0.388 e. The molecule has 2 rings (SSSR count). The Morgan fingerprint density at radius 3 is 2.50 bits per heavy atom. The fourth-order valence-corrected chi connectivity index (χ4v) is 3.39. The molecule has 0 radical (unpaired) electrons. The van der Waals surface area contributed by atoms with Crippen molar-refractivity contribution < 1.29 is 14.7 Å². The van der Waals surface area contributed by atoms with Crippen molar-refractivity contribution in [3.63, 3.8) is 0 Å². The van der Waals surface area contributed by atoms with Gasteiger partial charge in [0.1, 0.15) is 0 Å². The normalized spacial score (nSPS) is 19.2. The lowest BCUT2D eigenvalue weighted by Gasteiger charge is -2.34. The van der Waals surface area contributed by atoms with Crippen LogP contribution in [0.15, 0.2) is 24.3 Å². The molecule has 0 spiro atoms. The minimum Gasteiger partial charge on any atom is -0.388 e. The van der Waals surface area contributed by atoms with Crippen LogP contribution in [-0.4, -0.2) is 40.0 Å². The number of hydrogen-bond acceptors (Lipinski definition) is 3. The van der Waals surface area contributed by atoms with Gasteiger partial charge in [-0.2, -0.15) is 0 Å². The van der Waals surface area contributed by atoms with E-state index >= 15 is 0 Å². The highest BCUT2D eigenvalue weighted by atomic mass is 16.3. The quantitative estimate of drug-likeness (QED) is 0.869. The third-order valence-corrected chi connectivity index (χ3v) is 4.62. The standard InChI is InChI=1S/C19H28N2O3/c1-13-7-9-15(10-8-13)16(20-14(2)22)12-18(23)21-11-5-6-17(21)19(3,4)24/h7-10,16-17,24H,5-6,11-12H2,1-4H3,(H,20,22). The van der Waals surface area contributed by atoms with Gasteiger partial charge < -0.3 is 15.3 Å². The topological polar surface area (TPSA) is 69.6 Å². The van der Waals surface area contributed by atoms with E-state index in [0.29, 0.717) is 6.54 Å². The van der Waals surface area contributed by atoms with Crippen LogP contribution in [0.25, 0.3) is 0 Å². The van der Waals surface area contributed by atoms with Crippen LogP contribution in [0.1, 0.15) is 57.2 Å². The lowest BCUT2D eigenvalue weighted by molar-refractivity contribution is -0.137. The molecule has 24 heavy (non-hydrogen) atoms. The lowest BCUT2D eigenvalue weighted by Crippen LogP contribution is -2.49. The molecule has 1 aromatic carbocycles. The zero-order valence-electron chi connectivity index (χ0n) is 15.0. The number of rotatable bonds is 5. The predicted octanol–water partition coefficient (Wildman–Crippen LogP) is 2.32. The Kier molecular flexibility index (Phi) is 5.65. The van der Waals surface area contributed by atoms with E-state index in [2.05, 4.69) is 5.32 Å². The van der Waals surface area contributed by atoms with Gasteiger partial charge in [-0.05, 0) is 39.2 Å². The van der Waals surface area contributed by atoms with Crippen molar-refractivity contribution in [3.05, 3.63) is 35.4 Å². The average molecular weight is 332 g/mol. The molecule has 1 aliphatic rings. The van der Waals surface area contributed by atoms with Gasteiger partial charge in [0.15, 0.2) is 0 Å². The smallest absolute Gasteiger partial charge is 0.225 e. The van der Waals surface area contributed by atoms with Crippen LogP contribution in [0.4, 0.5) is 0 Å². The van der Waals surface area contributed by atoms with Crippen molar-refractivity contribution in [3.8, 4) is 0 Å². The average Bonchev–Trinajstić information content (AvgIpc) is 2.96. The highest BCUT2D eigenvalue weighted by Crippen LogP contribution is 2.29. The number of carbonyl (C=O) groups excluding carboxylic acids is 2. The first kappa shape index (κ1) is 18.5. The number of aliphatic hydroxyl groups is 1. The summed E-state index contributed by atoms with van der Waals surface area (Å²) in [4.78, 5) is 26.1. The van der Waals surface area contributed by atoms with Crippen LogP contribution in [-0.2, 0) is 9.59 Å². The van der Waals surface area contributed by atoms with Gasteiger partial charge in [-0.3, -0.25) is 9.59 Å². The van der Waals surface area contributed by atoms with Crippen molar-refractivity contribution >= 4 is 11.8 Å². The Morgan fingerprint density at radius 1 is 1.33 bits per heavy atom. The van der Waals surface area contributed by atoms with E-state index in [1.165, 1.54) is 6.92 Å². The maximum absolute atomic E-state index is 12.8. The van der Waals surface area contributed by atoms with E-state index in [9.17, 15) is 14.7 Å². The summed E-state index contributed by atoms with van der Waals surface area (Å²) in [5, 5.41) is 13.2. The molecule has 2 atom stereocenters. The molecule has 0 aliphatic carbocycles. The first-order valence-electron chi connectivity index (χ1n) is 8.54. The SMILES string of the molecule is CC(=O)NC(CC(=O)N1CCCC1C(C)(C)O)c1ccc(C)cc1. The molecule has 0 saturated carbocycles. The highest BCUT2D eigenvalue weighted by Gasteiger charge is 2.38. The first-order chi connectivity index (χ1) is 11.2. The Labute approximate surface area is 144 Å². The molecule has 1 heterocycles. The highest BCUT2D eigenvalue weighted by molar-refractivity contribution is 5.79. The fraction of sp³-hybridized carbons (Fsp3) is 0.579. The second-order valence-corrected chi connectivity index (χ2v) is 7.27. The van der Waals surface area contributed by atoms with Gasteiger partial charge >= 0.3 is 0 Å². The molecule has 0 aromatic heterocycles. The summed E-state index contributed by atoms with van der Waals surface area (Å²) in [6.45, 7) is 7.61. The minimum absolute atomic E-state index is 0.0287. The van der Waals surface area contributed by atoms with Crippen LogP contribution in [0.2, 0.25) is 0 Å². The van der Waals surface area contributed by atoms with E-state index in [4.69, 9.17) is 0 Å². The van der Waals surface area contributed by atoms with Gasteiger partial charge in [0.2, 0.25) is 11.8 Å². The second kappa shape index (κ2) is 7.34. The van der Waals surface area contributed by atoms with Gasteiger partial charge in [-0.15, -0.1) is 0 Å². The van der Waals surface area contributed by atoms with Gasteiger partial charge in [0.25, 0.3) is 0 Å². The Bertz CT molecular complexity index is 590. The van der Waals surface area contributed by atoms with Crippen LogP contribution in [0.3, 0.4) is 0 Å². The number of nitrogens with zero attached hydrogens (tertiary/aromatic N) is 1. The van der Waals surface area contributed by atoms with E-state index in [1.54, 1.807) is 18.7 Å². The zero-order chi connectivity index (χ0) is 17.9. The predicted molar refractivity (Wildman–Crippen MR) is 93.4 cm³/mol. The molecule has 0 bridgehead atoms. The molecular weight excluding hydrogens is 304 g/mol. The molecule has 1 aliphatic heterocycles. The molecule has 2 unspecified atom stereocenters. The molecule has 132 valence electrons. The Balaban J connectivity index is 2.15. The van der Waals surface area contributed by atoms with E-state index in [1.807, 2.05) is 31.2 Å². The minimum atomic E-state index is -0.917. The summed E-state index contributed by atoms with van der Waals surface area (Å²) >= 11 is 0. The van der Waals surface area contributed by atoms with Crippen LogP contribution < -0.4 is 5.32 Å². The third kappa shape index (κ3) is 4.57. The summed E-state index contributed by atoms with van der Waals surface area (Å²) in [5.74, 6) is -0.187. The summed E-state index contributed by atoms with van der Waals surface area (Å²) < 4.78 is 0. The number of hydrogen-bond donors (Lipinski definition) is 2. The number of benzene rings is 1. The number of likely N-dealkylation sites (tertiary alicyclic amines) is 1. The monoisotopic (exact) mass is 332 g/mol. The molecule has 1 saturated heterocycles. The summed E-state index contributed by atoms with van der Waals surface area (Å²) in [7, 11) is 0. The zero-order valence-corrected chi connectivity index (χ0v) is 15.0. The van der Waals surface area contributed by atoms with Gasteiger partial charge in [-0.25, -0.2) is 0 Å². The maximum Gasteiger partial charge on any atom is 0.225 e. The molecule has 1 aromatic rings. The fourth-order valence-electron chi connectivity index (χ4n) is 3.39. The molecule has 2 N–H and O–H groups in total. The van der Waals surface area contributed by atoms with Crippen molar-refractivity contribution in [2.24, 2.45) is 0 Å². The Morgan fingerprint density at radius 2 is 1.96 bits per heavy atom. The summed E-state index contributed by atoms with van der Waals surface area (Å²) in [6, 6.07) is 7.33.